The van der Waals surface area contributed by atoms with Gasteiger partial charge in [-0.3, -0.25) is 0 Å². The minimum Gasteiger partial charge on any atom is -0.493 e. The Balaban J connectivity index is 1.50. The number of hydrogen-bond acceptors (Lipinski definition) is 8. The SMILES string of the molecule is CCCCCCOc1cccc2c(OCCCCCC)c(/C=C(\C#N)c3ccc4c(OCCCCCC)c(/C(C#N)=C/c5ccc6c(OCCCCCC)cccc6c5OCCCCCC)ccc4c3OCCCCCC)ccc12. The van der Waals surface area contributed by atoms with E-state index < -0.39 is 0 Å². The van der Waals surface area contributed by atoms with Crippen LogP contribution >= 0.6 is 0 Å². The number of fused-ring (bicyclic) bond motifs is 3. The average molecular weight is 1080 g/mol. The first kappa shape index (κ1) is 62.6. The van der Waals surface area contributed by atoms with E-state index >= 15 is 0 Å². The first-order valence-corrected chi connectivity index (χ1v) is 31.2. The number of nitriles is 2. The molecule has 0 aliphatic heterocycles. The molecule has 6 rings (SSSR count). The highest BCUT2D eigenvalue weighted by Gasteiger charge is 2.22. The third-order valence-corrected chi connectivity index (χ3v) is 15.0. The van der Waals surface area contributed by atoms with Gasteiger partial charge in [0.1, 0.15) is 34.5 Å². The van der Waals surface area contributed by atoms with Crippen LogP contribution in [-0.2, 0) is 0 Å². The van der Waals surface area contributed by atoms with E-state index in [1.165, 1.54) is 25.7 Å². The second kappa shape index (κ2) is 35.9. The van der Waals surface area contributed by atoms with Gasteiger partial charge in [-0.25, -0.2) is 0 Å². The molecule has 0 unspecified atom stereocenters. The normalized spacial score (nSPS) is 11.8. The summed E-state index contributed by atoms with van der Waals surface area (Å²) in [4.78, 5) is 0. The quantitative estimate of drug-likeness (QED) is 0.0213. The Labute approximate surface area is 481 Å². The summed E-state index contributed by atoms with van der Waals surface area (Å²) in [5.41, 5.74) is 3.93. The van der Waals surface area contributed by atoms with Crippen molar-refractivity contribution in [3.05, 3.63) is 107 Å². The molecule has 0 atom stereocenters. The lowest BCUT2D eigenvalue weighted by molar-refractivity contribution is 0.304. The Kier molecular flexibility index (Phi) is 28.0. The topological polar surface area (TPSA) is 103 Å². The van der Waals surface area contributed by atoms with Crippen LogP contribution < -0.4 is 28.4 Å². The summed E-state index contributed by atoms with van der Waals surface area (Å²) in [7, 11) is 0. The highest BCUT2D eigenvalue weighted by atomic mass is 16.5. The fourth-order valence-corrected chi connectivity index (χ4v) is 10.4. The molecule has 0 heterocycles. The van der Waals surface area contributed by atoms with Crippen molar-refractivity contribution in [3.63, 3.8) is 0 Å². The maximum absolute atomic E-state index is 11.2. The van der Waals surface area contributed by atoms with Crippen LogP contribution in [0.5, 0.6) is 34.5 Å². The minimum absolute atomic E-state index is 0.460. The summed E-state index contributed by atoms with van der Waals surface area (Å²) in [5.74, 6) is 4.41. The zero-order valence-electron chi connectivity index (χ0n) is 49.8. The molecule has 8 nitrogen and oxygen atoms in total. The van der Waals surface area contributed by atoms with Crippen molar-refractivity contribution in [2.24, 2.45) is 0 Å². The molecule has 6 aromatic carbocycles. The summed E-state index contributed by atoms with van der Waals surface area (Å²) in [5, 5.41) is 28.0. The molecule has 0 aliphatic rings. The number of benzene rings is 6. The Morgan fingerprint density at radius 3 is 0.912 bits per heavy atom. The summed E-state index contributed by atoms with van der Waals surface area (Å²) in [6.45, 7) is 16.7. The fourth-order valence-electron chi connectivity index (χ4n) is 10.4. The predicted octanol–water partition coefficient (Wildman–Crippen LogP) is 21.0. The molecule has 8 heteroatoms. The van der Waals surface area contributed by atoms with E-state index in [0.29, 0.717) is 73.4 Å². The molecule has 0 aliphatic carbocycles. The van der Waals surface area contributed by atoms with E-state index in [1.807, 2.05) is 60.7 Å². The molecule has 0 N–H and O–H groups in total. The van der Waals surface area contributed by atoms with Gasteiger partial charge in [0, 0.05) is 54.6 Å². The first-order valence-electron chi connectivity index (χ1n) is 31.2. The van der Waals surface area contributed by atoms with Gasteiger partial charge in [0.15, 0.2) is 0 Å². The number of ether oxygens (including phenoxy) is 6. The van der Waals surface area contributed by atoms with Crippen molar-refractivity contribution in [2.45, 2.75) is 196 Å². The van der Waals surface area contributed by atoms with Crippen LogP contribution in [0.2, 0.25) is 0 Å². The molecule has 0 spiro atoms. The van der Waals surface area contributed by atoms with E-state index in [1.54, 1.807) is 0 Å². The van der Waals surface area contributed by atoms with Crippen LogP contribution in [0.3, 0.4) is 0 Å². The van der Waals surface area contributed by atoms with Gasteiger partial charge in [-0.1, -0.05) is 194 Å². The van der Waals surface area contributed by atoms with Gasteiger partial charge in [0.25, 0.3) is 0 Å². The number of rotatable bonds is 40. The standard InChI is InChI=1S/C72H94N2O6/c1-7-13-19-25-45-75-67-35-31-33-63-61(67)39-37-55(69(63)77-47-27-21-15-9-3)51-57(53-73)59-41-43-66-65(71(59)79-49-29-23-17-11-5)44-42-60(72(66)80-50-30-24-18-12-6)58(54-74)52-56-38-40-62-64(70(56)78-48-28-22-16-10-4)34-32-36-68(62)76-46-26-20-14-8-2/h31-44,51-52H,7-30,45-50H2,1-6H3/b57-51+,58-52+. The highest BCUT2D eigenvalue weighted by Crippen LogP contribution is 2.45. The van der Waals surface area contributed by atoms with Crippen molar-refractivity contribution >= 4 is 55.6 Å². The first-order chi connectivity index (χ1) is 39.5. The summed E-state index contributed by atoms with van der Waals surface area (Å²) in [6, 6.07) is 33.9. The van der Waals surface area contributed by atoms with Crippen molar-refractivity contribution in [1.29, 1.82) is 10.5 Å². The second-order valence-corrected chi connectivity index (χ2v) is 21.4. The number of nitrogens with zero attached hydrogens (tertiary/aromatic N) is 2. The summed E-state index contributed by atoms with van der Waals surface area (Å²) < 4.78 is 40.1. The van der Waals surface area contributed by atoms with Crippen molar-refractivity contribution < 1.29 is 28.4 Å². The van der Waals surface area contributed by atoms with Gasteiger partial charge >= 0.3 is 0 Å². The summed E-state index contributed by atoms with van der Waals surface area (Å²) >= 11 is 0. The monoisotopic (exact) mass is 1080 g/mol. The Hall–Kier alpha value is -6.64. The largest absolute Gasteiger partial charge is 0.493 e. The Morgan fingerprint density at radius 1 is 0.312 bits per heavy atom. The molecule has 0 saturated heterocycles. The molecule has 0 radical (unpaired) electrons. The lowest BCUT2D eigenvalue weighted by Crippen LogP contribution is -2.04. The number of allylic oxidation sites excluding steroid dienone is 2. The molecule has 6 aromatic rings. The third-order valence-electron chi connectivity index (χ3n) is 15.0. The highest BCUT2D eigenvalue weighted by molar-refractivity contribution is 6.07. The van der Waals surface area contributed by atoms with Crippen molar-refractivity contribution in [2.75, 3.05) is 39.6 Å². The van der Waals surface area contributed by atoms with E-state index in [-0.39, 0.29) is 0 Å². The maximum atomic E-state index is 11.2. The van der Waals surface area contributed by atoms with Crippen LogP contribution in [0.15, 0.2) is 84.9 Å². The van der Waals surface area contributed by atoms with E-state index in [2.05, 4.69) is 90.1 Å². The average Bonchev–Trinajstić information content (AvgIpc) is 3.53. The van der Waals surface area contributed by atoms with Crippen LogP contribution in [-0.4, -0.2) is 39.6 Å². The molecule has 0 fully saturated rings. The van der Waals surface area contributed by atoms with E-state index in [0.717, 1.165) is 195 Å². The van der Waals surface area contributed by atoms with Gasteiger partial charge in [-0.05, 0) is 99.2 Å². The smallest absolute Gasteiger partial charge is 0.135 e. The van der Waals surface area contributed by atoms with Crippen LogP contribution in [0, 0.1) is 22.7 Å². The van der Waals surface area contributed by atoms with Crippen molar-refractivity contribution in [1.82, 2.24) is 0 Å². The molecule has 80 heavy (non-hydrogen) atoms. The molecule has 0 aromatic heterocycles. The molecular formula is C72H94N2O6. The molecular weight excluding hydrogens is 989 g/mol. The molecule has 428 valence electrons. The minimum atomic E-state index is 0.460. The molecule has 0 saturated carbocycles. The van der Waals surface area contributed by atoms with Crippen LogP contribution in [0.1, 0.15) is 218 Å². The van der Waals surface area contributed by atoms with Crippen LogP contribution in [0.25, 0.3) is 55.6 Å². The second-order valence-electron chi connectivity index (χ2n) is 21.4. The van der Waals surface area contributed by atoms with E-state index in [4.69, 9.17) is 28.4 Å². The van der Waals surface area contributed by atoms with Gasteiger partial charge in [-0.2, -0.15) is 10.5 Å². The molecule has 0 bridgehead atoms. The third kappa shape index (κ3) is 18.2. The zero-order chi connectivity index (χ0) is 56.6. The van der Waals surface area contributed by atoms with Gasteiger partial charge in [-0.15, -0.1) is 0 Å². The Morgan fingerprint density at radius 2 is 0.600 bits per heavy atom. The number of unbranched alkanes of at least 4 members (excludes halogenated alkanes) is 18. The lowest BCUT2D eigenvalue weighted by Gasteiger charge is -2.20. The Bertz CT molecular complexity index is 2780. The van der Waals surface area contributed by atoms with Crippen LogP contribution in [0.4, 0.5) is 0 Å². The fraction of sp³-hybridized carbons (Fsp3) is 0.500. The van der Waals surface area contributed by atoms with Gasteiger partial charge in [0.2, 0.25) is 0 Å². The maximum Gasteiger partial charge on any atom is 0.135 e. The lowest BCUT2D eigenvalue weighted by atomic mass is 9.93. The molecule has 0 amide bonds. The number of hydrogen-bond donors (Lipinski definition) is 0. The zero-order valence-corrected chi connectivity index (χ0v) is 49.8. The van der Waals surface area contributed by atoms with E-state index in [9.17, 15) is 10.5 Å². The van der Waals surface area contributed by atoms with Gasteiger partial charge in [0.05, 0.1) is 62.9 Å². The van der Waals surface area contributed by atoms with Crippen molar-refractivity contribution in [3.8, 4) is 46.6 Å². The van der Waals surface area contributed by atoms with Gasteiger partial charge < -0.3 is 28.4 Å². The summed E-state index contributed by atoms with van der Waals surface area (Å²) in [6.07, 6.45) is 29.9. The predicted molar refractivity (Wildman–Crippen MR) is 337 cm³/mol.